The lowest BCUT2D eigenvalue weighted by atomic mass is 10.1. The molecule has 0 radical (unpaired) electrons. The van der Waals surface area contributed by atoms with E-state index >= 15 is 0 Å². The number of sulfonamides is 1. The van der Waals surface area contributed by atoms with Crippen LogP contribution in [0.4, 0.5) is 5.69 Å². The second-order valence-corrected chi connectivity index (χ2v) is 11.0. The minimum absolute atomic E-state index is 0.137. The Labute approximate surface area is 210 Å². The third-order valence-corrected chi connectivity index (χ3v) is 7.05. The number of aryl methyl sites for hydroxylation is 3. The molecule has 1 atom stereocenters. The molecule has 0 heterocycles. The van der Waals surface area contributed by atoms with Crippen LogP contribution in [0.15, 0.2) is 42.5 Å². The van der Waals surface area contributed by atoms with E-state index < -0.39 is 16.1 Å². The fourth-order valence-corrected chi connectivity index (χ4v) is 5.15. The summed E-state index contributed by atoms with van der Waals surface area (Å²) in [5.41, 5.74) is 4.61. The van der Waals surface area contributed by atoms with E-state index in [9.17, 15) is 18.0 Å². The number of hydrogen-bond acceptors (Lipinski definition) is 4. The van der Waals surface area contributed by atoms with Crippen molar-refractivity contribution in [3.63, 3.8) is 0 Å². The minimum Gasteiger partial charge on any atom is -0.355 e. The minimum atomic E-state index is -3.52. The molecule has 0 saturated heterocycles. The molecular formula is C27H39N3O4S. The first-order valence-electron chi connectivity index (χ1n) is 12.1. The van der Waals surface area contributed by atoms with Crippen molar-refractivity contribution in [1.29, 1.82) is 0 Å². The number of carbonyl (C=O) groups excluding carboxylic acids is 2. The first-order valence-corrected chi connectivity index (χ1v) is 14.0. The second kappa shape index (κ2) is 12.7. The molecule has 0 aromatic heterocycles. The molecule has 192 valence electrons. The van der Waals surface area contributed by atoms with Crippen molar-refractivity contribution < 1.29 is 18.0 Å². The van der Waals surface area contributed by atoms with Gasteiger partial charge in [-0.1, -0.05) is 42.8 Å². The number of nitrogens with one attached hydrogen (secondary N) is 1. The van der Waals surface area contributed by atoms with Crippen LogP contribution in [0.5, 0.6) is 0 Å². The number of anilines is 1. The SMILES string of the molecule is CCNC(=O)[C@@H](CC)N(Cc1ccc(C)cc1)C(=O)CCCN(c1cc(C)cc(C)c1)S(C)(=O)=O. The predicted molar refractivity (Wildman–Crippen MR) is 142 cm³/mol. The topological polar surface area (TPSA) is 86.8 Å². The van der Waals surface area contributed by atoms with Gasteiger partial charge in [-0.15, -0.1) is 0 Å². The number of nitrogens with zero attached hydrogens (tertiary/aromatic N) is 2. The van der Waals surface area contributed by atoms with Crippen molar-refractivity contribution in [3.8, 4) is 0 Å². The third kappa shape index (κ3) is 8.38. The summed E-state index contributed by atoms with van der Waals surface area (Å²) in [7, 11) is -3.52. The average Bonchev–Trinajstić information content (AvgIpc) is 2.76. The van der Waals surface area contributed by atoms with Crippen LogP contribution in [-0.2, 0) is 26.2 Å². The zero-order valence-corrected chi connectivity index (χ0v) is 22.6. The van der Waals surface area contributed by atoms with Crippen LogP contribution in [0.1, 0.15) is 55.4 Å². The highest BCUT2D eigenvalue weighted by atomic mass is 32.2. The third-order valence-electron chi connectivity index (χ3n) is 5.86. The van der Waals surface area contributed by atoms with E-state index in [-0.39, 0.29) is 24.8 Å². The van der Waals surface area contributed by atoms with Gasteiger partial charge >= 0.3 is 0 Å². The van der Waals surface area contributed by atoms with Crippen LogP contribution >= 0.6 is 0 Å². The van der Waals surface area contributed by atoms with E-state index in [2.05, 4.69) is 5.32 Å². The average molecular weight is 502 g/mol. The van der Waals surface area contributed by atoms with E-state index in [1.165, 1.54) is 10.6 Å². The number of likely N-dealkylation sites (N-methyl/N-ethyl adjacent to an activating group) is 1. The monoisotopic (exact) mass is 501 g/mol. The van der Waals surface area contributed by atoms with Crippen molar-refractivity contribution in [2.75, 3.05) is 23.7 Å². The Balaban J connectivity index is 2.22. The number of amides is 2. The molecule has 0 aliphatic heterocycles. The maximum atomic E-state index is 13.4. The summed E-state index contributed by atoms with van der Waals surface area (Å²) < 4.78 is 26.4. The first kappa shape index (κ1) is 28.4. The van der Waals surface area contributed by atoms with Gasteiger partial charge in [0.15, 0.2) is 0 Å². The summed E-state index contributed by atoms with van der Waals surface area (Å²) in [4.78, 5) is 27.7. The molecule has 8 heteroatoms. The van der Waals surface area contributed by atoms with Gasteiger partial charge in [0.25, 0.3) is 0 Å². The summed E-state index contributed by atoms with van der Waals surface area (Å²) in [6.45, 7) is 10.6. The summed E-state index contributed by atoms with van der Waals surface area (Å²) in [5.74, 6) is -0.346. The van der Waals surface area contributed by atoms with Crippen LogP contribution in [0.2, 0.25) is 0 Å². The van der Waals surface area contributed by atoms with Gasteiger partial charge in [0, 0.05) is 26.1 Å². The highest BCUT2D eigenvalue weighted by molar-refractivity contribution is 7.92. The van der Waals surface area contributed by atoms with Crippen molar-refractivity contribution >= 4 is 27.5 Å². The number of benzene rings is 2. The molecule has 0 fully saturated rings. The van der Waals surface area contributed by atoms with Crippen LogP contribution in [-0.4, -0.2) is 50.5 Å². The molecule has 0 aliphatic carbocycles. The van der Waals surface area contributed by atoms with Gasteiger partial charge < -0.3 is 10.2 Å². The van der Waals surface area contributed by atoms with Gasteiger partial charge in [0.2, 0.25) is 21.8 Å². The largest absolute Gasteiger partial charge is 0.355 e. The Kier molecular flexibility index (Phi) is 10.3. The van der Waals surface area contributed by atoms with Crippen molar-refractivity contribution in [3.05, 3.63) is 64.7 Å². The van der Waals surface area contributed by atoms with E-state index in [0.717, 1.165) is 22.3 Å². The standard InChI is InChI=1S/C27H39N3O4S/c1-7-25(27(32)28-8-2)29(19-23-13-11-20(3)12-14-23)26(31)10-9-15-30(35(6,33)34)24-17-21(4)16-22(5)18-24/h11-14,16-18,25H,7-10,15,19H2,1-6H3,(H,28,32)/t25-/m1/s1. The molecule has 0 unspecified atom stereocenters. The smallest absolute Gasteiger partial charge is 0.242 e. The molecule has 2 rings (SSSR count). The highest BCUT2D eigenvalue weighted by Crippen LogP contribution is 2.22. The molecule has 2 amide bonds. The Bertz CT molecular complexity index is 1090. The van der Waals surface area contributed by atoms with Crippen molar-refractivity contribution in [2.45, 2.75) is 66.5 Å². The lowest BCUT2D eigenvalue weighted by Gasteiger charge is -2.31. The van der Waals surface area contributed by atoms with Gasteiger partial charge in [-0.25, -0.2) is 8.42 Å². The maximum Gasteiger partial charge on any atom is 0.242 e. The van der Waals surface area contributed by atoms with Gasteiger partial charge in [-0.05, 0) is 69.4 Å². The fraction of sp³-hybridized carbons (Fsp3) is 0.481. The number of rotatable bonds is 12. The molecule has 7 nitrogen and oxygen atoms in total. The lowest BCUT2D eigenvalue weighted by Crippen LogP contribution is -2.49. The molecule has 0 saturated carbocycles. The van der Waals surface area contributed by atoms with E-state index in [1.807, 2.05) is 77.1 Å². The van der Waals surface area contributed by atoms with Gasteiger partial charge in [0.05, 0.1) is 11.9 Å². The Morgan fingerprint density at radius 3 is 2.06 bits per heavy atom. The molecule has 0 spiro atoms. The zero-order valence-electron chi connectivity index (χ0n) is 21.8. The molecule has 1 N–H and O–H groups in total. The van der Waals surface area contributed by atoms with Gasteiger partial charge in [0.1, 0.15) is 6.04 Å². The van der Waals surface area contributed by atoms with Gasteiger partial charge in [-0.3, -0.25) is 13.9 Å². The predicted octanol–water partition coefficient (Wildman–Crippen LogP) is 4.10. The molecule has 2 aromatic carbocycles. The van der Waals surface area contributed by atoms with E-state index in [1.54, 1.807) is 4.90 Å². The molecule has 0 bridgehead atoms. The van der Waals surface area contributed by atoms with Crippen molar-refractivity contribution in [1.82, 2.24) is 10.2 Å². The fourth-order valence-electron chi connectivity index (χ4n) is 4.20. The summed E-state index contributed by atoms with van der Waals surface area (Å²) in [5, 5.41) is 2.83. The van der Waals surface area contributed by atoms with Gasteiger partial charge in [-0.2, -0.15) is 0 Å². The molecule has 2 aromatic rings. The normalized spacial score (nSPS) is 12.2. The Morgan fingerprint density at radius 2 is 1.54 bits per heavy atom. The van der Waals surface area contributed by atoms with Crippen LogP contribution < -0.4 is 9.62 Å². The number of carbonyl (C=O) groups is 2. The van der Waals surface area contributed by atoms with Crippen LogP contribution in [0.25, 0.3) is 0 Å². The zero-order chi connectivity index (χ0) is 26.2. The quantitative estimate of drug-likeness (QED) is 0.474. The summed E-state index contributed by atoms with van der Waals surface area (Å²) in [6, 6.07) is 13.0. The van der Waals surface area contributed by atoms with E-state index in [4.69, 9.17) is 0 Å². The second-order valence-electron chi connectivity index (χ2n) is 9.11. The maximum absolute atomic E-state index is 13.4. The molecular weight excluding hydrogens is 462 g/mol. The molecule has 0 aliphatic rings. The lowest BCUT2D eigenvalue weighted by molar-refractivity contribution is -0.141. The van der Waals surface area contributed by atoms with Crippen LogP contribution in [0.3, 0.4) is 0 Å². The van der Waals surface area contributed by atoms with Crippen molar-refractivity contribution in [2.24, 2.45) is 0 Å². The summed E-state index contributed by atoms with van der Waals surface area (Å²) >= 11 is 0. The molecule has 35 heavy (non-hydrogen) atoms. The number of hydrogen-bond donors (Lipinski definition) is 1. The first-order chi connectivity index (χ1) is 16.5. The summed E-state index contributed by atoms with van der Waals surface area (Å²) in [6.07, 6.45) is 2.15. The Morgan fingerprint density at radius 1 is 0.943 bits per heavy atom. The highest BCUT2D eigenvalue weighted by Gasteiger charge is 2.28. The van der Waals surface area contributed by atoms with Crippen LogP contribution in [0, 0.1) is 20.8 Å². The Hall–Kier alpha value is -2.87. The van der Waals surface area contributed by atoms with E-state index in [0.29, 0.717) is 31.6 Å².